The van der Waals surface area contributed by atoms with Crippen LogP contribution in [0.5, 0.6) is 11.5 Å². The second-order valence-corrected chi connectivity index (χ2v) is 8.19. The molecular formula is C24H22N2O3. The van der Waals surface area contributed by atoms with Crippen LogP contribution in [-0.2, 0) is 9.53 Å². The van der Waals surface area contributed by atoms with E-state index in [1.165, 1.54) is 0 Å². The lowest BCUT2D eigenvalue weighted by Gasteiger charge is -2.37. The van der Waals surface area contributed by atoms with Crippen molar-refractivity contribution in [3.05, 3.63) is 82.9 Å². The molecule has 0 aromatic heterocycles. The Balaban J connectivity index is 1.78. The van der Waals surface area contributed by atoms with E-state index in [0.29, 0.717) is 35.7 Å². The van der Waals surface area contributed by atoms with Gasteiger partial charge in [0.05, 0.1) is 5.92 Å². The number of ether oxygens (including phenoxy) is 2. The number of nitrogens with two attached hydrogens (primary N) is 1. The van der Waals surface area contributed by atoms with E-state index < -0.39 is 5.92 Å². The summed E-state index contributed by atoms with van der Waals surface area (Å²) in [5.74, 6) is 1.42. The van der Waals surface area contributed by atoms with Gasteiger partial charge in [0, 0.05) is 18.4 Å². The first-order valence-corrected chi connectivity index (χ1v) is 9.55. The van der Waals surface area contributed by atoms with Crippen molar-refractivity contribution in [2.45, 2.75) is 32.6 Å². The first-order chi connectivity index (χ1) is 13.9. The van der Waals surface area contributed by atoms with E-state index in [2.05, 4.69) is 6.07 Å². The Bertz CT molecular complexity index is 1070. The van der Waals surface area contributed by atoms with Gasteiger partial charge in [-0.3, -0.25) is 4.79 Å². The van der Waals surface area contributed by atoms with Crippen LogP contribution in [0.1, 0.15) is 38.2 Å². The third-order valence-corrected chi connectivity index (χ3v) is 5.25. The molecule has 0 saturated carbocycles. The average Bonchev–Trinajstić information content (AvgIpc) is 2.67. The van der Waals surface area contributed by atoms with E-state index in [4.69, 9.17) is 15.2 Å². The molecule has 1 heterocycles. The van der Waals surface area contributed by atoms with Gasteiger partial charge >= 0.3 is 0 Å². The first kappa shape index (κ1) is 18.8. The minimum absolute atomic E-state index is 0.00381. The molecule has 4 rings (SSSR count). The molecule has 1 aliphatic carbocycles. The highest BCUT2D eigenvalue weighted by Crippen LogP contribution is 2.48. The number of hydrogen-bond acceptors (Lipinski definition) is 5. The van der Waals surface area contributed by atoms with Crippen molar-refractivity contribution < 1.29 is 14.3 Å². The van der Waals surface area contributed by atoms with Crippen molar-refractivity contribution in [1.82, 2.24) is 0 Å². The number of para-hydroxylation sites is 1. The Morgan fingerprint density at radius 1 is 1.10 bits per heavy atom. The van der Waals surface area contributed by atoms with Crippen LogP contribution in [0.4, 0.5) is 0 Å². The van der Waals surface area contributed by atoms with Gasteiger partial charge in [-0.05, 0) is 35.2 Å². The van der Waals surface area contributed by atoms with Crippen LogP contribution in [-0.4, -0.2) is 5.78 Å². The number of allylic oxidation sites excluding steroid dienone is 3. The van der Waals surface area contributed by atoms with Gasteiger partial charge in [-0.15, -0.1) is 0 Å². The van der Waals surface area contributed by atoms with E-state index in [1.54, 1.807) is 0 Å². The summed E-state index contributed by atoms with van der Waals surface area (Å²) in [6, 6.07) is 19.0. The van der Waals surface area contributed by atoms with Crippen LogP contribution in [0.3, 0.4) is 0 Å². The summed E-state index contributed by atoms with van der Waals surface area (Å²) in [7, 11) is 0. The van der Waals surface area contributed by atoms with Crippen molar-refractivity contribution in [3.63, 3.8) is 0 Å². The largest absolute Gasteiger partial charge is 0.457 e. The van der Waals surface area contributed by atoms with Crippen LogP contribution >= 0.6 is 0 Å². The van der Waals surface area contributed by atoms with E-state index >= 15 is 0 Å². The van der Waals surface area contributed by atoms with Gasteiger partial charge in [-0.25, -0.2) is 0 Å². The summed E-state index contributed by atoms with van der Waals surface area (Å²) in [4.78, 5) is 13.0. The summed E-state index contributed by atoms with van der Waals surface area (Å²) >= 11 is 0. The smallest absolute Gasteiger partial charge is 0.205 e. The zero-order valence-corrected chi connectivity index (χ0v) is 16.4. The van der Waals surface area contributed by atoms with Crippen LogP contribution in [0, 0.1) is 16.7 Å². The summed E-state index contributed by atoms with van der Waals surface area (Å²) < 4.78 is 11.7. The highest BCUT2D eigenvalue weighted by atomic mass is 16.5. The maximum atomic E-state index is 13.0. The molecule has 0 saturated heterocycles. The SMILES string of the molecule is CC1(C)CC(=O)C2=C(C1)OC(N)=C(C#N)[C@H]2c1cccc(Oc2ccccc2)c1. The van der Waals surface area contributed by atoms with Gasteiger partial charge in [-0.1, -0.05) is 44.2 Å². The molecule has 2 aromatic carbocycles. The van der Waals surface area contributed by atoms with Crippen molar-refractivity contribution >= 4 is 5.78 Å². The van der Waals surface area contributed by atoms with Crippen LogP contribution in [0.2, 0.25) is 0 Å². The number of nitrogens with zero attached hydrogens (tertiary/aromatic N) is 1. The molecule has 0 bridgehead atoms. The fraction of sp³-hybridized carbons (Fsp3) is 0.250. The van der Waals surface area contributed by atoms with Crippen LogP contribution in [0.15, 0.2) is 77.4 Å². The van der Waals surface area contributed by atoms with Crippen molar-refractivity contribution in [2.24, 2.45) is 11.1 Å². The number of rotatable bonds is 3. The quantitative estimate of drug-likeness (QED) is 0.808. The Kier molecular flexibility index (Phi) is 4.63. The van der Waals surface area contributed by atoms with Gasteiger partial charge < -0.3 is 15.2 Å². The van der Waals surface area contributed by atoms with Crippen molar-refractivity contribution in [2.75, 3.05) is 0 Å². The van der Waals surface area contributed by atoms with Crippen molar-refractivity contribution in [1.29, 1.82) is 5.26 Å². The lowest BCUT2D eigenvalue weighted by atomic mass is 9.70. The van der Waals surface area contributed by atoms with Gasteiger partial charge in [0.2, 0.25) is 5.88 Å². The number of benzene rings is 2. The van der Waals surface area contributed by atoms with Gasteiger partial charge in [-0.2, -0.15) is 5.26 Å². The molecule has 0 amide bonds. The monoisotopic (exact) mass is 386 g/mol. The highest BCUT2D eigenvalue weighted by molar-refractivity contribution is 6.00. The van der Waals surface area contributed by atoms with E-state index in [-0.39, 0.29) is 22.7 Å². The second-order valence-electron chi connectivity index (χ2n) is 8.19. The Morgan fingerprint density at radius 3 is 2.55 bits per heavy atom. The molecule has 0 fully saturated rings. The zero-order valence-electron chi connectivity index (χ0n) is 16.4. The molecule has 0 unspecified atom stereocenters. The molecule has 29 heavy (non-hydrogen) atoms. The lowest BCUT2D eigenvalue weighted by Crippen LogP contribution is -2.33. The number of hydrogen-bond donors (Lipinski definition) is 1. The topological polar surface area (TPSA) is 85.3 Å². The summed E-state index contributed by atoms with van der Waals surface area (Å²) in [5.41, 5.74) is 7.44. The third-order valence-electron chi connectivity index (χ3n) is 5.25. The molecule has 1 aliphatic heterocycles. The van der Waals surface area contributed by atoms with E-state index in [1.807, 2.05) is 68.4 Å². The van der Waals surface area contributed by atoms with Crippen LogP contribution in [0.25, 0.3) is 0 Å². The number of nitriles is 1. The Hall–Kier alpha value is -3.52. The summed E-state index contributed by atoms with van der Waals surface area (Å²) in [6.45, 7) is 4.06. The second kappa shape index (κ2) is 7.14. The zero-order chi connectivity index (χ0) is 20.6. The Morgan fingerprint density at radius 2 is 1.83 bits per heavy atom. The first-order valence-electron chi connectivity index (χ1n) is 9.55. The fourth-order valence-electron chi connectivity index (χ4n) is 4.00. The summed E-state index contributed by atoms with van der Waals surface area (Å²) in [6.07, 6.45) is 1.01. The molecule has 5 nitrogen and oxygen atoms in total. The lowest BCUT2D eigenvalue weighted by molar-refractivity contribution is -0.119. The van der Waals surface area contributed by atoms with Gasteiger partial charge in [0.25, 0.3) is 0 Å². The molecule has 0 spiro atoms. The minimum Gasteiger partial charge on any atom is -0.457 e. The molecular weight excluding hydrogens is 364 g/mol. The Labute approximate surface area is 170 Å². The number of carbonyl (C=O) groups excluding carboxylic acids is 1. The predicted molar refractivity (Wildman–Crippen MR) is 109 cm³/mol. The molecule has 0 radical (unpaired) electrons. The highest BCUT2D eigenvalue weighted by Gasteiger charge is 2.43. The fourth-order valence-corrected chi connectivity index (χ4v) is 4.00. The molecule has 2 N–H and O–H groups in total. The third kappa shape index (κ3) is 3.62. The van der Waals surface area contributed by atoms with Crippen LogP contribution < -0.4 is 10.5 Å². The standard InChI is InChI=1S/C24H22N2O3/c1-24(2)12-19(27)22-20(13-24)29-23(26)18(14-25)21(22)15-7-6-10-17(11-15)28-16-8-4-3-5-9-16/h3-11,21H,12-13,26H2,1-2H3/t21-/m1/s1. The summed E-state index contributed by atoms with van der Waals surface area (Å²) in [5, 5.41) is 9.74. The van der Waals surface area contributed by atoms with E-state index in [0.717, 1.165) is 5.56 Å². The molecule has 1 atom stereocenters. The number of Topliss-reactive ketones (excluding diaryl/α,β-unsaturated/α-hetero) is 1. The average molecular weight is 386 g/mol. The number of carbonyl (C=O) groups is 1. The molecule has 146 valence electrons. The minimum atomic E-state index is -0.549. The molecule has 2 aromatic rings. The van der Waals surface area contributed by atoms with Gasteiger partial charge in [0.1, 0.15) is 28.9 Å². The van der Waals surface area contributed by atoms with Gasteiger partial charge in [0.15, 0.2) is 5.78 Å². The van der Waals surface area contributed by atoms with Crippen molar-refractivity contribution in [3.8, 4) is 17.6 Å². The maximum Gasteiger partial charge on any atom is 0.205 e. The number of ketones is 1. The maximum absolute atomic E-state index is 13.0. The molecule has 5 heteroatoms. The normalized spacial score (nSPS) is 20.6. The molecule has 2 aliphatic rings. The van der Waals surface area contributed by atoms with E-state index in [9.17, 15) is 10.1 Å². The predicted octanol–water partition coefficient (Wildman–Crippen LogP) is 4.93.